The predicted molar refractivity (Wildman–Crippen MR) is 97.7 cm³/mol. The van der Waals surface area contributed by atoms with Crippen LogP contribution in [0.4, 0.5) is 15.8 Å². The van der Waals surface area contributed by atoms with Crippen molar-refractivity contribution >= 4 is 29.2 Å². The average molecular weight is 370 g/mol. The summed E-state index contributed by atoms with van der Waals surface area (Å²) < 4.78 is 18.8. The number of nitrogens with one attached hydrogen (secondary N) is 1. The van der Waals surface area contributed by atoms with Gasteiger partial charge in [0.05, 0.1) is 11.4 Å². The Morgan fingerprint density at radius 3 is 2.67 bits per heavy atom. The molecule has 0 fully saturated rings. The number of nitrogens with zero attached hydrogens (tertiary/aromatic N) is 1. The van der Waals surface area contributed by atoms with E-state index in [0.29, 0.717) is 16.9 Å². The lowest BCUT2D eigenvalue weighted by atomic mass is 10.1. The number of benzene rings is 2. The van der Waals surface area contributed by atoms with Gasteiger partial charge in [0.2, 0.25) is 5.91 Å². The zero-order valence-electron chi connectivity index (χ0n) is 14.8. The van der Waals surface area contributed by atoms with E-state index < -0.39 is 18.0 Å². The van der Waals surface area contributed by atoms with Crippen molar-refractivity contribution in [3.05, 3.63) is 59.9 Å². The highest BCUT2D eigenvalue weighted by atomic mass is 19.1. The number of carbonyl (C=O) groups is 3. The summed E-state index contributed by atoms with van der Waals surface area (Å²) in [7, 11) is 0. The Kier molecular flexibility index (Phi) is 5.49. The predicted octanol–water partition coefficient (Wildman–Crippen LogP) is 2.68. The van der Waals surface area contributed by atoms with Crippen LogP contribution in [-0.4, -0.2) is 30.4 Å². The monoisotopic (exact) mass is 370 g/mol. The normalized spacial score (nSPS) is 14.1. The van der Waals surface area contributed by atoms with Crippen molar-refractivity contribution in [3.8, 4) is 0 Å². The quantitative estimate of drug-likeness (QED) is 0.821. The second kappa shape index (κ2) is 7.99. The first-order valence-electron chi connectivity index (χ1n) is 8.59. The fourth-order valence-corrected chi connectivity index (χ4v) is 2.89. The van der Waals surface area contributed by atoms with Crippen molar-refractivity contribution in [2.24, 2.45) is 0 Å². The molecule has 0 saturated carbocycles. The zero-order valence-corrected chi connectivity index (χ0v) is 14.8. The van der Waals surface area contributed by atoms with Gasteiger partial charge in [0, 0.05) is 6.42 Å². The molecule has 0 saturated heterocycles. The number of rotatable bonds is 5. The van der Waals surface area contributed by atoms with E-state index in [9.17, 15) is 18.8 Å². The van der Waals surface area contributed by atoms with E-state index in [0.717, 1.165) is 0 Å². The summed E-state index contributed by atoms with van der Waals surface area (Å²) in [6.07, 6.45) is -0.922. The lowest BCUT2D eigenvalue weighted by Crippen LogP contribution is -2.47. The lowest BCUT2D eigenvalue weighted by molar-refractivity contribution is -0.153. The third-order valence-electron chi connectivity index (χ3n) is 4.25. The Hall–Kier alpha value is -3.22. The fraction of sp³-hybridized carbons (Fsp3) is 0.250. The van der Waals surface area contributed by atoms with Crippen molar-refractivity contribution < 1.29 is 23.5 Å². The Bertz CT molecular complexity index is 884. The topological polar surface area (TPSA) is 75.7 Å². The van der Waals surface area contributed by atoms with Gasteiger partial charge in [-0.2, -0.15) is 0 Å². The van der Waals surface area contributed by atoms with Gasteiger partial charge in [-0.15, -0.1) is 0 Å². The summed E-state index contributed by atoms with van der Waals surface area (Å²) in [6.45, 7) is 1.31. The highest BCUT2D eigenvalue weighted by molar-refractivity contribution is 6.11. The van der Waals surface area contributed by atoms with Gasteiger partial charge in [0.25, 0.3) is 5.91 Å². The largest absolute Gasteiger partial charge is 0.453 e. The summed E-state index contributed by atoms with van der Waals surface area (Å²) >= 11 is 0. The van der Waals surface area contributed by atoms with Crippen molar-refractivity contribution in [1.29, 1.82) is 0 Å². The maximum atomic E-state index is 13.6. The first-order valence-corrected chi connectivity index (χ1v) is 8.59. The first-order chi connectivity index (χ1) is 13.0. The minimum Gasteiger partial charge on any atom is -0.453 e. The van der Waals surface area contributed by atoms with Gasteiger partial charge in [0.1, 0.15) is 12.4 Å². The molecule has 2 amide bonds. The van der Waals surface area contributed by atoms with E-state index in [1.54, 1.807) is 42.5 Å². The number of para-hydroxylation sites is 2. The molecule has 6 nitrogen and oxygen atoms in total. The Labute approximate surface area is 155 Å². The van der Waals surface area contributed by atoms with Crippen molar-refractivity contribution in [1.82, 2.24) is 0 Å². The molecule has 0 radical (unpaired) electrons. The molecule has 1 atom stereocenters. The number of fused-ring (bicyclic) bond motifs is 1. The number of esters is 1. The summed E-state index contributed by atoms with van der Waals surface area (Å²) in [6, 6.07) is 13.1. The van der Waals surface area contributed by atoms with Gasteiger partial charge in [0.15, 0.2) is 6.10 Å². The Balaban J connectivity index is 1.61. The highest BCUT2D eigenvalue weighted by Gasteiger charge is 2.31. The fourth-order valence-electron chi connectivity index (χ4n) is 2.89. The highest BCUT2D eigenvalue weighted by Crippen LogP contribution is 2.29. The van der Waals surface area contributed by atoms with E-state index in [1.165, 1.54) is 17.9 Å². The van der Waals surface area contributed by atoms with Gasteiger partial charge >= 0.3 is 5.97 Å². The zero-order chi connectivity index (χ0) is 19.4. The van der Waals surface area contributed by atoms with Gasteiger partial charge in [-0.05, 0) is 37.1 Å². The van der Waals surface area contributed by atoms with Crippen LogP contribution in [0.25, 0.3) is 0 Å². The van der Waals surface area contributed by atoms with Crippen LogP contribution in [0.5, 0.6) is 0 Å². The van der Waals surface area contributed by atoms with Gasteiger partial charge < -0.3 is 10.1 Å². The summed E-state index contributed by atoms with van der Waals surface area (Å²) in [5, 5.41) is 2.69. The Morgan fingerprint density at radius 2 is 1.89 bits per heavy atom. The van der Waals surface area contributed by atoms with Crippen molar-refractivity contribution in [2.75, 3.05) is 16.8 Å². The van der Waals surface area contributed by atoms with Crippen LogP contribution >= 0.6 is 0 Å². The van der Waals surface area contributed by atoms with Crippen LogP contribution < -0.4 is 10.2 Å². The van der Waals surface area contributed by atoms with Crippen LogP contribution in [0.2, 0.25) is 0 Å². The van der Waals surface area contributed by atoms with Crippen LogP contribution in [0.3, 0.4) is 0 Å². The van der Waals surface area contributed by atoms with Crippen molar-refractivity contribution in [2.45, 2.75) is 25.9 Å². The molecule has 0 unspecified atom stereocenters. The molecule has 0 aliphatic carbocycles. The smallest absolute Gasteiger partial charge is 0.306 e. The number of aryl methyl sites for hydroxylation is 1. The standard InChI is InChI=1S/C20H19FN2O4/c1-13(27-19(25)11-10-14-6-2-3-7-15(14)21)20(26)23-12-18(24)22-16-8-4-5-9-17(16)23/h2-9,13H,10-12H2,1H3,(H,22,24)/t13-/m1/s1. The molecular weight excluding hydrogens is 351 g/mol. The number of hydrogen-bond donors (Lipinski definition) is 1. The maximum Gasteiger partial charge on any atom is 0.306 e. The summed E-state index contributed by atoms with van der Waals surface area (Å²) in [5.74, 6) is -1.80. The number of carbonyl (C=O) groups excluding carboxylic acids is 3. The molecule has 0 bridgehead atoms. The number of ether oxygens (including phenoxy) is 1. The molecule has 1 aliphatic heterocycles. The molecule has 27 heavy (non-hydrogen) atoms. The number of hydrogen-bond acceptors (Lipinski definition) is 4. The number of halogens is 1. The van der Waals surface area contributed by atoms with Gasteiger partial charge in [-0.1, -0.05) is 30.3 Å². The second-order valence-electron chi connectivity index (χ2n) is 6.21. The molecule has 1 aliphatic rings. The minimum absolute atomic E-state index is 0.0460. The molecular formula is C20H19FN2O4. The third kappa shape index (κ3) is 4.31. The van der Waals surface area contributed by atoms with Crippen LogP contribution in [0, 0.1) is 5.82 Å². The molecule has 3 rings (SSSR count). The average Bonchev–Trinajstić information content (AvgIpc) is 2.66. The lowest BCUT2D eigenvalue weighted by Gasteiger charge is -2.30. The molecule has 140 valence electrons. The van der Waals surface area contributed by atoms with E-state index in [2.05, 4.69) is 5.32 Å². The summed E-state index contributed by atoms with van der Waals surface area (Å²) in [5.41, 5.74) is 1.49. The van der Waals surface area contributed by atoms with E-state index in [-0.39, 0.29) is 31.1 Å². The van der Waals surface area contributed by atoms with E-state index in [4.69, 9.17) is 4.74 Å². The summed E-state index contributed by atoms with van der Waals surface area (Å²) in [4.78, 5) is 37.8. The molecule has 7 heteroatoms. The minimum atomic E-state index is -1.06. The molecule has 2 aromatic carbocycles. The SMILES string of the molecule is C[C@@H](OC(=O)CCc1ccccc1F)C(=O)N1CC(=O)Nc2ccccc21. The molecule has 1 N–H and O–H groups in total. The van der Waals surface area contributed by atoms with Gasteiger partial charge in [-0.25, -0.2) is 4.39 Å². The molecule has 2 aromatic rings. The molecule has 1 heterocycles. The van der Waals surface area contributed by atoms with Crippen LogP contribution in [-0.2, 0) is 25.5 Å². The Morgan fingerprint density at radius 1 is 1.19 bits per heavy atom. The van der Waals surface area contributed by atoms with E-state index in [1.807, 2.05) is 0 Å². The van der Waals surface area contributed by atoms with Crippen LogP contribution in [0.15, 0.2) is 48.5 Å². The maximum absolute atomic E-state index is 13.6. The van der Waals surface area contributed by atoms with Crippen molar-refractivity contribution in [3.63, 3.8) is 0 Å². The van der Waals surface area contributed by atoms with Crippen LogP contribution in [0.1, 0.15) is 18.9 Å². The third-order valence-corrected chi connectivity index (χ3v) is 4.25. The number of amides is 2. The van der Waals surface area contributed by atoms with Gasteiger partial charge in [-0.3, -0.25) is 19.3 Å². The van der Waals surface area contributed by atoms with E-state index >= 15 is 0 Å². The molecule has 0 aromatic heterocycles. The molecule has 0 spiro atoms. The number of anilines is 2. The first kappa shape index (κ1) is 18.6. The second-order valence-corrected chi connectivity index (χ2v) is 6.21.